The van der Waals surface area contributed by atoms with E-state index in [9.17, 15) is 4.79 Å². The maximum atomic E-state index is 13.1. The Labute approximate surface area is 176 Å². The van der Waals surface area contributed by atoms with E-state index in [2.05, 4.69) is 31.0 Å². The highest BCUT2D eigenvalue weighted by molar-refractivity contribution is 9.10. The summed E-state index contributed by atoms with van der Waals surface area (Å²) in [6.07, 6.45) is 1.21. The first kappa shape index (κ1) is 20.5. The average molecular weight is 467 g/mol. The molecule has 0 fully saturated rings. The summed E-state index contributed by atoms with van der Waals surface area (Å²) >= 11 is 9.74. The number of amides is 1. The molecule has 0 spiro atoms. The standard InChI is InChI=1S/C19H21BrClN5O2/c1-11-8-13(6-7-22-11)10-25(18(27)28-19(3,4)5)15-9-14(21)23-17-16(20)12(2)24-26(15)17/h6-9H,10H2,1-5H3. The third kappa shape index (κ3) is 4.44. The molecule has 0 aliphatic carbocycles. The van der Waals surface area contributed by atoms with Crippen molar-refractivity contribution in [1.82, 2.24) is 19.6 Å². The number of nitrogens with zero attached hydrogens (tertiary/aromatic N) is 5. The number of carbonyl (C=O) groups is 1. The van der Waals surface area contributed by atoms with Gasteiger partial charge in [0, 0.05) is 18.0 Å². The van der Waals surface area contributed by atoms with Crippen LogP contribution in [0.4, 0.5) is 10.6 Å². The number of fused-ring (bicyclic) bond motifs is 1. The van der Waals surface area contributed by atoms with E-state index in [-0.39, 0.29) is 11.7 Å². The van der Waals surface area contributed by atoms with Gasteiger partial charge in [0.15, 0.2) is 5.65 Å². The molecular formula is C19H21BrClN5O2. The fourth-order valence-corrected chi connectivity index (χ4v) is 3.20. The number of aryl methyl sites for hydroxylation is 2. The molecule has 0 aliphatic heterocycles. The Morgan fingerprint density at radius 3 is 2.68 bits per heavy atom. The molecule has 3 heterocycles. The van der Waals surface area contributed by atoms with Crippen molar-refractivity contribution in [3.05, 3.63) is 51.0 Å². The minimum absolute atomic E-state index is 0.252. The number of carbonyl (C=O) groups excluding carboxylic acids is 1. The van der Waals surface area contributed by atoms with E-state index < -0.39 is 11.7 Å². The van der Waals surface area contributed by atoms with E-state index in [1.807, 2.05) is 46.8 Å². The summed E-state index contributed by atoms with van der Waals surface area (Å²) in [6, 6.07) is 5.38. The molecule has 0 saturated carbocycles. The lowest BCUT2D eigenvalue weighted by molar-refractivity contribution is 0.0575. The number of aromatic nitrogens is 4. The van der Waals surface area contributed by atoms with Gasteiger partial charge in [0.2, 0.25) is 0 Å². The molecule has 3 rings (SSSR count). The smallest absolute Gasteiger partial charge is 0.416 e. The van der Waals surface area contributed by atoms with Crippen LogP contribution in [0.2, 0.25) is 5.15 Å². The number of ether oxygens (including phenoxy) is 1. The van der Waals surface area contributed by atoms with Crippen LogP contribution in [0.3, 0.4) is 0 Å². The lowest BCUT2D eigenvalue weighted by Crippen LogP contribution is -2.37. The van der Waals surface area contributed by atoms with Gasteiger partial charge < -0.3 is 4.74 Å². The second-order valence-corrected chi connectivity index (χ2v) is 8.62. The van der Waals surface area contributed by atoms with Crippen LogP contribution < -0.4 is 4.90 Å². The van der Waals surface area contributed by atoms with Crippen molar-refractivity contribution in [2.24, 2.45) is 0 Å². The van der Waals surface area contributed by atoms with Crippen molar-refractivity contribution in [2.75, 3.05) is 4.90 Å². The number of rotatable bonds is 3. The van der Waals surface area contributed by atoms with Crippen molar-refractivity contribution in [3.63, 3.8) is 0 Å². The summed E-state index contributed by atoms with van der Waals surface area (Å²) < 4.78 is 7.95. The molecule has 0 aliphatic rings. The van der Waals surface area contributed by atoms with E-state index in [1.54, 1.807) is 16.8 Å². The molecule has 9 heteroatoms. The summed E-state index contributed by atoms with van der Waals surface area (Å²) in [5, 5.41) is 4.75. The molecule has 0 saturated heterocycles. The van der Waals surface area contributed by atoms with Crippen molar-refractivity contribution < 1.29 is 9.53 Å². The zero-order chi connectivity index (χ0) is 20.6. The summed E-state index contributed by atoms with van der Waals surface area (Å²) in [7, 11) is 0. The van der Waals surface area contributed by atoms with Crippen molar-refractivity contribution in [1.29, 1.82) is 0 Å². The number of pyridine rings is 1. The highest BCUT2D eigenvalue weighted by Gasteiger charge is 2.27. The Hall–Kier alpha value is -2.19. The van der Waals surface area contributed by atoms with Crippen LogP contribution in [0, 0.1) is 13.8 Å². The monoisotopic (exact) mass is 465 g/mol. The first-order valence-corrected chi connectivity index (χ1v) is 9.85. The second-order valence-electron chi connectivity index (χ2n) is 7.44. The van der Waals surface area contributed by atoms with Crippen LogP contribution in [0.5, 0.6) is 0 Å². The third-order valence-corrected chi connectivity index (χ3v) is 4.96. The van der Waals surface area contributed by atoms with E-state index in [0.717, 1.165) is 21.4 Å². The fourth-order valence-electron chi connectivity index (χ4n) is 2.69. The van der Waals surface area contributed by atoms with Crippen LogP contribution in [0.1, 0.15) is 37.7 Å². The molecule has 0 unspecified atom stereocenters. The zero-order valence-corrected chi connectivity index (χ0v) is 18.7. The number of hydrogen-bond donors (Lipinski definition) is 0. The predicted molar refractivity (Wildman–Crippen MR) is 112 cm³/mol. The quantitative estimate of drug-likeness (QED) is 0.502. The minimum atomic E-state index is -0.653. The molecule has 0 radical (unpaired) electrons. The number of anilines is 1. The number of hydrogen-bond acceptors (Lipinski definition) is 5. The van der Waals surface area contributed by atoms with E-state index in [4.69, 9.17) is 16.3 Å². The molecule has 1 amide bonds. The maximum Gasteiger partial charge on any atom is 0.416 e. The molecule has 3 aromatic rings. The molecule has 3 aromatic heterocycles. The summed E-state index contributed by atoms with van der Waals surface area (Å²) in [6.45, 7) is 9.48. The molecule has 0 atom stereocenters. The summed E-state index contributed by atoms with van der Waals surface area (Å²) in [5.41, 5.74) is 2.37. The van der Waals surface area contributed by atoms with Crippen LogP contribution >= 0.6 is 27.5 Å². The first-order chi connectivity index (χ1) is 13.0. The van der Waals surface area contributed by atoms with E-state index >= 15 is 0 Å². The van der Waals surface area contributed by atoms with Crippen LogP contribution in [0.15, 0.2) is 28.9 Å². The van der Waals surface area contributed by atoms with Gasteiger partial charge in [-0.25, -0.2) is 9.78 Å². The van der Waals surface area contributed by atoms with Gasteiger partial charge in [-0.15, -0.1) is 0 Å². The number of halogens is 2. The molecule has 0 bridgehead atoms. The van der Waals surface area contributed by atoms with Gasteiger partial charge >= 0.3 is 6.09 Å². The Balaban J connectivity index is 2.14. The lowest BCUT2D eigenvalue weighted by Gasteiger charge is -2.27. The largest absolute Gasteiger partial charge is 0.443 e. The fraction of sp³-hybridized carbons (Fsp3) is 0.368. The molecule has 7 nitrogen and oxygen atoms in total. The SMILES string of the molecule is Cc1cc(CN(C(=O)OC(C)(C)C)c2cc(Cl)nc3c(Br)c(C)nn23)ccn1. The van der Waals surface area contributed by atoms with Crippen molar-refractivity contribution >= 4 is 45.1 Å². The van der Waals surface area contributed by atoms with Gasteiger partial charge in [-0.05, 0) is 68.2 Å². The Morgan fingerprint density at radius 1 is 1.32 bits per heavy atom. The van der Waals surface area contributed by atoms with Crippen LogP contribution in [-0.4, -0.2) is 31.3 Å². The average Bonchev–Trinajstić information content (AvgIpc) is 2.86. The highest BCUT2D eigenvalue weighted by atomic mass is 79.9. The van der Waals surface area contributed by atoms with Crippen LogP contribution in [0.25, 0.3) is 5.65 Å². The predicted octanol–water partition coefficient (Wildman–Crippen LogP) is 5.10. The minimum Gasteiger partial charge on any atom is -0.443 e. The van der Waals surface area contributed by atoms with Gasteiger partial charge in [0.05, 0.1) is 16.7 Å². The molecule has 0 N–H and O–H groups in total. The highest BCUT2D eigenvalue weighted by Crippen LogP contribution is 2.29. The van der Waals surface area contributed by atoms with Crippen molar-refractivity contribution in [2.45, 2.75) is 46.8 Å². The summed E-state index contributed by atoms with van der Waals surface area (Å²) in [5.74, 6) is 0.465. The van der Waals surface area contributed by atoms with Gasteiger partial charge in [0.25, 0.3) is 0 Å². The molecule has 148 valence electrons. The molecular weight excluding hydrogens is 446 g/mol. The molecule has 28 heavy (non-hydrogen) atoms. The van der Waals surface area contributed by atoms with Gasteiger partial charge in [-0.2, -0.15) is 9.61 Å². The van der Waals surface area contributed by atoms with Crippen molar-refractivity contribution in [3.8, 4) is 0 Å². The Kier molecular flexibility index (Phi) is 5.63. The lowest BCUT2D eigenvalue weighted by atomic mass is 10.2. The van der Waals surface area contributed by atoms with E-state index in [1.165, 1.54) is 4.90 Å². The second kappa shape index (κ2) is 7.67. The van der Waals surface area contributed by atoms with Gasteiger partial charge in [-0.3, -0.25) is 9.88 Å². The van der Waals surface area contributed by atoms with Gasteiger partial charge in [0.1, 0.15) is 16.6 Å². The topological polar surface area (TPSA) is 72.6 Å². The summed E-state index contributed by atoms with van der Waals surface area (Å²) in [4.78, 5) is 23.1. The van der Waals surface area contributed by atoms with Gasteiger partial charge in [-0.1, -0.05) is 11.6 Å². The molecule has 0 aromatic carbocycles. The normalized spacial score (nSPS) is 11.7. The first-order valence-electron chi connectivity index (χ1n) is 8.68. The van der Waals surface area contributed by atoms with Crippen LogP contribution in [-0.2, 0) is 11.3 Å². The maximum absolute atomic E-state index is 13.1. The third-order valence-electron chi connectivity index (χ3n) is 3.83. The Morgan fingerprint density at radius 2 is 2.04 bits per heavy atom. The van der Waals surface area contributed by atoms with E-state index in [0.29, 0.717) is 11.5 Å². The Bertz CT molecular complexity index is 1040. The zero-order valence-electron chi connectivity index (χ0n) is 16.3.